The van der Waals surface area contributed by atoms with Crippen molar-refractivity contribution in [1.82, 2.24) is 15.0 Å². The van der Waals surface area contributed by atoms with Gasteiger partial charge in [-0.1, -0.05) is 36.5 Å². The predicted octanol–water partition coefficient (Wildman–Crippen LogP) is 4.90. The summed E-state index contributed by atoms with van der Waals surface area (Å²) in [5.41, 5.74) is 1.71. The molecule has 1 N–H and O–H groups in total. The molecular formula is C23H22BrN5O2S. The van der Waals surface area contributed by atoms with Gasteiger partial charge < -0.3 is 10.1 Å². The molecule has 164 valence electrons. The topological polar surface area (TPSA) is 70.6 Å². The molecule has 2 aromatic carbocycles. The van der Waals surface area contributed by atoms with E-state index in [9.17, 15) is 4.79 Å². The van der Waals surface area contributed by atoms with Crippen molar-refractivity contribution in [1.29, 1.82) is 0 Å². The molecule has 0 radical (unpaired) electrons. The first-order chi connectivity index (χ1) is 15.6. The van der Waals surface area contributed by atoms with Crippen molar-refractivity contribution >= 4 is 50.9 Å². The Balaban J connectivity index is 1.60. The van der Waals surface area contributed by atoms with E-state index < -0.39 is 0 Å². The smallest absolute Gasteiger partial charge is 0.247 e. The zero-order valence-electron chi connectivity index (χ0n) is 17.3. The van der Waals surface area contributed by atoms with Crippen molar-refractivity contribution in [3.8, 4) is 0 Å². The molecule has 0 bridgehead atoms. The molecule has 2 heterocycles. The van der Waals surface area contributed by atoms with Crippen molar-refractivity contribution in [3.05, 3.63) is 77.9 Å². The van der Waals surface area contributed by atoms with Crippen molar-refractivity contribution in [3.63, 3.8) is 0 Å². The number of benzene rings is 2. The van der Waals surface area contributed by atoms with E-state index in [4.69, 9.17) is 9.72 Å². The van der Waals surface area contributed by atoms with Crippen LogP contribution in [0.1, 0.15) is 0 Å². The van der Waals surface area contributed by atoms with E-state index in [-0.39, 0.29) is 5.91 Å². The van der Waals surface area contributed by atoms with Crippen LogP contribution in [0.4, 0.5) is 17.3 Å². The zero-order chi connectivity index (χ0) is 22.3. The van der Waals surface area contributed by atoms with Crippen LogP contribution in [0, 0.1) is 0 Å². The highest BCUT2D eigenvalue weighted by Crippen LogP contribution is 2.35. The first-order valence-corrected chi connectivity index (χ1v) is 11.7. The molecule has 1 aliphatic heterocycles. The van der Waals surface area contributed by atoms with E-state index in [1.54, 1.807) is 6.20 Å². The second-order valence-electron chi connectivity index (χ2n) is 6.86. The summed E-state index contributed by atoms with van der Waals surface area (Å²) in [7, 11) is 0. The van der Waals surface area contributed by atoms with Crippen LogP contribution in [0.2, 0.25) is 0 Å². The van der Waals surface area contributed by atoms with E-state index in [0.29, 0.717) is 24.8 Å². The number of amides is 1. The van der Waals surface area contributed by atoms with Gasteiger partial charge in [-0.2, -0.15) is 0 Å². The monoisotopic (exact) mass is 511 g/mol. The average Bonchev–Trinajstić information content (AvgIpc) is 2.84. The Bertz CT molecular complexity index is 1080. The lowest BCUT2D eigenvalue weighted by Crippen LogP contribution is -2.47. The number of hydrogen-bond donors (Lipinski definition) is 1. The molecule has 7 nitrogen and oxygen atoms in total. The number of aromatic nitrogens is 2. The Morgan fingerprint density at radius 3 is 2.56 bits per heavy atom. The molecular weight excluding hydrogens is 490 g/mol. The summed E-state index contributed by atoms with van der Waals surface area (Å²) >= 11 is 5.10. The summed E-state index contributed by atoms with van der Waals surface area (Å²) in [5, 5.41) is 7.80. The van der Waals surface area contributed by atoms with E-state index in [1.807, 2.05) is 59.6 Å². The van der Waals surface area contributed by atoms with Crippen molar-refractivity contribution in [2.75, 3.05) is 36.6 Å². The van der Waals surface area contributed by atoms with Gasteiger partial charge in [0.05, 0.1) is 23.4 Å². The van der Waals surface area contributed by atoms with Gasteiger partial charge in [-0.25, -0.2) is 20.0 Å². The van der Waals surface area contributed by atoms with Crippen molar-refractivity contribution < 1.29 is 9.53 Å². The Morgan fingerprint density at radius 1 is 1.16 bits per heavy atom. The van der Waals surface area contributed by atoms with Gasteiger partial charge in [0, 0.05) is 29.9 Å². The normalized spacial score (nSPS) is 14.0. The van der Waals surface area contributed by atoms with Crippen LogP contribution in [0.15, 0.2) is 87.8 Å². The third-order valence-corrected chi connectivity index (χ3v) is 6.54. The van der Waals surface area contributed by atoms with Gasteiger partial charge in [0.15, 0.2) is 0 Å². The second kappa shape index (κ2) is 10.7. The van der Waals surface area contributed by atoms with Crippen LogP contribution in [0.5, 0.6) is 0 Å². The van der Waals surface area contributed by atoms with Gasteiger partial charge in [0.1, 0.15) is 5.03 Å². The molecule has 0 aliphatic carbocycles. The van der Waals surface area contributed by atoms with Crippen LogP contribution in [0.3, 0.4) is 0 Å². The van der Waals surface area contributed by atoms with E-state index in [2.05, 4.69) is 37.8 Å². The highest BCUT2D eigenvalue weighted by atomic mass is 79.9. The number of hydrazine groups is 1. The number of carbonyl (C=O) groups is 1. The fourth-order valence-electron chi connectivity index (χ4n) is 3.16. The summed E-state index contributed by atoms with van der Waals surface area (Å²) in [5.74, 6) is 0.358. The molecule has 0 unspecified atom stereocenters. The number of morpholine rings is 1. The van der Waals surface area contributed by atoms with Crippen LogP contribution in [-0.4, -0.2) is 47.2 Å². The summed E-state index contributed by atoms with van der Waals surface area (Å²) < 4.78 is 6.34. The SMILES string of the molecule is C=CC(=O)Nc1ccc(Sc2nc(N(c3ccccc3)N3CCOCC3)ncc2Br)cc1. The van der Waals surface area contributed by atoms with Gasteiger partial charge in [0.2, 0.25) is 11.9 Å². The minimum Gasteiger partial charge on any atom is -0.379 e. The van der Waals surface area contributed by atoms with E-state index in [1.165, 1.54) is 17.8 Å². The maximum absolute atomic E-state index is 11.5. The number of hydrogen-bond acceptors (Lipinski definition) is 7. The number of nitrogens with one attached hydrogen (secondary N) is 1. The van der Waals surface area contributed by atoms with E-state index in [0.717, 1.165) is 33.2 Å². The van der Waals surface area contributed by atoms with Gasteiger partial charge in [-0.3, -0.25) is 4.79 Å². The minimum atomic E-state index is -0.238. The molecule has 9 heteroatoms. The molecule has 0 atom stereocenters. The average molecular weight is 512 g/mol. The fraction of sp³-hybridized carbons (Fsp3) is 0.174. The van der Waals surface area contributed by atoms with E-state index >= 15 is 0 Å². The largest absolute Gasteiger partial charge is 0.379 e. The van der Waals surface area contributed by atoms with Gasteiger partial charge in [0.25, 0.3) is 0 Å². The van der Waals surface area contributed by atoms with Gasteiger partial charge in [-0.05, 0) is 58.4 Å². The second-order valence-corrected chi connectivity index (χ2v) is 8.77. The molecule has 0 spiro atoms. The van der Waals surface area contributed by atoms with Crippen LogP contribution < -0.4 is 10.3 Å². The number of ether oxygens (including phenoxy) is 1. The minimum absolute atomic E-state index is 0.238. The molecule has 1 amide bonds. The van der Waals surface area contributed by atoms with Gasteiger partial charge in [-0.15, -0.1) is 0 Å². The summed E-state index contributed by atoms with van der Waals surface area (Å²) in [6.07, 6.45) is 3.02. The number of para-hydroxylation sites is 1. The quantitative estimate of drug-likeness (QED) is 0.357. The first-order valence-electron chi connectivity index (χ1n) is 10.1. The number of rotatable bonds is 7. The van der Waals surface area contributed by atoms with Crippen LogP contribution in [-0.2, 0) is 9.53 Å². The lowest BCUT2D eigenvalue weighted by molar-refractivity contribution is -0.111. The number of nitrogens with zero attached hydrogens (tertiary/aromatic N) is 4. The summed E-state index contributed by atoms with van der Waals surface area (Å²) in [6.45, 7) is 6.31. The molecule has 1 saturated heterocycles. The number of anilines is 3. The maximum atomic E-state index is 11.5. The molecule has 1 fully saturated rings. The van der Waals surface area contributed by atoms with Crippen LogP contribution in [0.25, 0.3) is 0 Å². The van der Waals surface area contributed by atoms with Crippen LogP contribution >= 0.6 is 27.7 Å². The molecule has 32 heavy (non-hydrogen) atoms. The Hall–Kier alpha value is -2.72. The fourth-order valence-corrected chi connectivity index (χ4v) is 4.36. The highest BCUT2D eigenvalue weighted by Gasteiger charge is 2.24. The first kappa shape index (κ1) is 22.5. The third kappa shape index (κ3) is 5.55. The summed E-state index contributed by atoms with van der Waals surface area (Å²) in [4.78, 5) is 21.9. The number of carbonyl (C=O) groups excluding carboxylic acids is 1. The zero-order valence-corrected chi connectivity index (χ0v) is 19.7. The Kier molecular flexibility index (Phi) is 7.54. The highest BCUT2D eigenvalue weighted by molar-refractivity contribution is 9.10. The lowest BCUT2D eigenvalue weighted by Gasteiger charge is -2.37. The molecule has 4 rings (SSSR count). The molecule has 1 aliphatic rings. The number of halogens is 1. The molecule has 1 aromatic heterocycles. The van der Waals surface area contributed by atoms with Crippen molar-refractivity contribution in [2.45, 2.75) is 9.92 Å². The predicted molar refractivity (Wildman–Crippen MR) is 130 cm³/mol. The standard InChI is InChI=1S/C23H22BrN5O2S/c1-2-21(30)26-17-8-10-19(11-9-17)32-22-20(24)16-25-23(27-22)29(18-6-4-3-5-7-18)28-12-14-31-15-13-28/h2-11,16H,1,12-15H2,(H,26,30). The van der Waals surface area contributed by atoms with Crippen molar-refractivity contribution in [2.24, 2.45) is 0 Å². The third-order valence-electron chi connectivity index (χ3n) is 4.68. The molecule has 3 aromatic rings. The Morgan fingerprint density at radius 2 is 1.88 bits per heavy atom. The Labute approximate surface area is 199 Å². The summed E-state index contributed by atoms with van der Waals surface area (Å²) in [6, 6.07) is 17.7. The maximum Gasteiger partial charge on any atom is 0.247 e. The van der Waals surface area contributed by atoms with Gasteiger partial charge >= 0.3 is 0 Å². The lowest BCUT2D eigenvalue weighted by atomic mass is 10.3. The molecule has 0 saturated carbocycles.